The van der Waals surface area contributed by atoms with Gasteiger partial charge in [-0.1, -0.05) is 17.3 Å². The largest absolute Gasteiger partial charge is 0.339 e. The number of thiazole rings is 1. The van der Waals surface area contributed by atoms with Crippen LogP contribution in [0.15, 0.2) is 28.9 Å². The number of nitrogens with zero attached hydrogens (tertiary/aromatic N) is 3. The summed E-state index contributed by atoms with van der Waals surface area (Å²) in [4.78, 5) is 21.2. The van der Waals surface area contributed by atoms with E-state index in [1.54, 1.807) is 25.3 Å². The highest BCUT2D eigenvalue weighted by Gasteiger charge is 2.12. The monoisotopic (exact) mass is 346 g/mol. The molecule has 0 unspecified atom stereocenters. The Morgan fingerprint density at radius 3 is 2.92 bits per heavy atom. The lowest BCUT2D eigenvalue weighted by Gasteiger charge is -1.99. The quantitative estimate of drug-likeness (QED) is 0.764. The molecule has 0 aliphatic heterocycles. The molecule has 24 heavy (non-hydrogen) atoms. The standard InChI is InChI=1S/C16H15FN4O2S/c1-9-3-4-11(7-12(9)17)15-20-14(23-21-15)6-5-13(22)19-16-18-8-10(2)24-16/h3-4,7-8H,5-6H2,1-2H3,(H,18,19,22). The second kappa shape index (κ2) is 6.88. The van der Waals surface area contributed by atoms with Crippen molar-refractivity contribution < 1.29 is 13.7 Å². The van der Waals surface area contributed by atoms with Crippen molar-refractivity contribution in [2.45, 2.75) is 26.7 Å². The molecular weight excluding hydrogens is 331 g/mol. The minimum atomic E-state index is -0.322. The molecule has 124 valence electrons. The van der Waals surface area contributed by atoms with E-state index in [2.05, 4.69) is 20.4 Å². The van der Waals surface area contributed by atoms with Crippen LogP contribution in [0.5, 0.6) is 0 Å². The number of carbonyl (C=O) groups is 1. The van der Waals surface area contributed by atoms with Gasteiger partial charge in [0.25, 0.3) is 0 Å². The van der Waals surface area contributed by atoms with Crippen LogP contribution in [0.2, 0.25) is 0 Å². The number of rotatable bonds is 5. The average Bonchev–Trinajstić information content (AvgIpc) is 3.17. The highest BCUT2D eigenvalue weighted by atomic mass is 32.1. The predicted molar refractivity (Wildman–Crippen MR) is 88.2 cm³/mol. The minimum absolute atomic E-state index is 0.175. The van der Waals surface area contributed by atoms with Crippen molar-refractivity contribution in [3.63, 3.8) is 0 Å². The Labute approximate surface area is 141 Å². The summed E-state index contributed by atoms with van der Waals surface area (Å²) in [5, 5.41) is 7.11. The van der Waals surface area contributed by atoms with Gasteiger partial charge in [-0.2, -0.15) is 4.98 Å². The van der Waals surface area contributed by atoms with Crippen molar-refractivity contribution in [2.24, 2.45) is 0 Å². The Hall–Kier alpha value is -2.61. The molecule has 2 heterocycles. The van der Waals surface area contributed by atoms with E-state index in [4.69, 9.17) is 4.52 Å². The van der Waals surface area contributed by atoms with Crippen LogP contribution in [0.4, 0.5) is 9.52 Å². The predicted octanol–water partition coefficient (Wildman–Crippen LogP) is 3.52. The molecule has 0 bridgehead atoms. The number of amides is 1. The Morgan fingerprint density at radius 2 is 2.21 bits per heavy atom. The molecule has 3 rings (SSSR count). The first-order valence-corrected chi connectivity index (χ1v) is 8.14. The average molecular weight is 346 g/mol. The second-order valence-electron chi connectivity index (χ2n) is 5.30. The summed E-state index contributed by atoms with van der Waals surface area (Å²) in [6.07, 6.45) is 2.20. The van der Waals surface area contributed by atoms with Gasteiger partial charge in [0.2, 0.25) is 17.6 Å². The third kappa shape index (κ3) is 3.83. The highest BCUT2D eigenvalue weighted by Crippen LogP contribution is 2.20. The number of anilines is 1. The number of halogens is 1. The SMILES string of the molecule is Cc1cnc(NC(=O)CCc2nc(-c3ccc(C)c(F)c3)no2)s1. The summed E-state index contributed by atoms with van der Waals surface area (Å²) in [7, 11) is 0. The first kappa shape index (κ1) is 16.3. The van der Waals surface area contributed by atoms with Crippen molar-refractivity contribution in [3.05, 3.63) is 46.5 Å². The van der Waals surface area contributed by atoms with Crippen LogP contribution in [0, 0.1) is 19.7 Å². The lowest BCUT2D eigenvalue weighted by atomic mass is 10.1. The van der Waals surface area contributed by atoms with Crippen LogP contribution in [0.25, 0.3) is 11.4 Å². The molecule has 0 aliphatic carbocycles. The molecule has 3 aromatic rings. The summed E-state index contributed by atoms with van der Waals surface area (Å²) in [6, 6.07) is 4.75. The topological polar surface area (TPSA) is 80.9 Å². The lowest BCUT2D eigenvalue weighted by molar-refractivity contribution is -0.116. The first-order chi connectivity index (χ1) is 11.5. The number of aryl methyl sites for hydroxylation is 3. The third-order valence-corrected chi connectivity index (χ3v) is 4.16. The maximum Gasteiger partial charge on any atom is 0.227 e. The molecule has 8 heteroatoms. The molecule has 1 aromatic carbocycles. The maximum absolute atomic E-state index is 13.6. The molecule has 0 spiro atoms. The maximum atomic E-state index is 13.6. The van der Waals surface area contributed by atoms with Gasteiger partial charge in [-0.05, 0) is 25.5 Å². The van der Waals surface area contributed by atoms with Gasteiger partial charge >= 0.3 is 0 Å². The van der Waals surface area contributed by atoms with Crippen LogP contribution in [0.3, 0.4) is 0 Å². The van der Waals surface area contributed by atoms with Gasteiger partial charge in [-0.15, -0.1) is 11.3 Å². The van der Waals surface area contributed by atoms with Crippen molar-refractivity contribution in [1.29, 1.82) is 0 Å². The number of hydrogen-bond acceptors (Lipinski definition) is 6. The molecule has 0 aliphatic rings. The number of benzene rings is 1. The van der Waals surface area contributed by atoms with E-state index < -0.39 is 0 Å². The Morgan fingerprint density at radius 1 is 1.38 bits per heavy atom. The summed E-state index contributed by atoms with van der Waals surface area (Å²) < 4.78 is 18.7. The summed E-state index contributed by atoms with van der Waals surface area (Å²) in [5.74, 6) is 0.138. The Bertz CT molecular complexity index is 875. The molecule has 0 atom stereocenters. The number of nitrogens with one attached hydrogen (secondary N) is 1. The highest BCUT2D eigenvalue weighted by molar-refractivity contribution is 7.15. The summed E-state index contributed by atoms with van der Waals surface area (Å²) in [6.45, 7) is 3.60. The molecule has 0 saturated heterocycles. The van der Waals surface area contributed by atoms with Gasteiger partial charge < -0.3 is 9.84 Å². The number of hydrogen-bond donors (Lipinski definition) is 1. The van der Waals surface area contributed by atoms with Gasteiger partial charge in [0.1, 0.15) is 5.82 Å². The van der Waals surface area contributed by atoms with E-state index in [0.717, 1.165) is 4.88 Å². The Balaban J connectivity index is 1.59. The zero-order valence-electron chi connectivity index (χ0n) is 13.2. The van der Waals surface area contributed by atoms with E-state index >= 15 is 0 Å². The van der Waals surface area contributed by atoms with Crippen molar-refractivity contribution in [1.82, 2.24) is 15.1 Å². The van der Waals surface area contributed by atoms with Crippen LogP contribution >= 0.6 is 11.3 Å². The van der Waals surface area contributed by atoms with Crippen LogP contribution in [-0.4, -0.2) is 21.0 Å². The number of aromatic nitrogens is 3. The smallest absolute Gasteiger partial charge is 0.227 e. The van der Waals surface area contributed by atoms with Crippen LogP contribution < -0.4 is 5.32 Å². The van der Waals surface area contributed by atoms with E-state index in [1.165, 1.54) is 17.4 Å². The fourth-order valence-electron chi connectivity index (χ4n) is 2.02. The molecule has 0 radical (unpaired) electrons. The van der Waals surface area contributed by atoms with Gasteiger partial charge in [0, 0.05) is 29.5 Å². The van der Waals surface area contributed by atoms with Crippen LogP contribution in [-0.2, 0) is 11.2 Å². The third-order valence-electron chi connectivity index (χ3n) is 3.33. The number of carbonyl (C=O) groups excluding carboxylic acids is 1. The van der Waals surface area contributed by atoms with Crippen LogP contribution in [0.1, 0.15) is 22.8 Å². The van der Waals surface area contributed by atoms with Gasteiger partial charge in [0.05, 0.1) is 0 Å². The molecule has 1 amide bonds. The summed E-state index contributed by atoms with van der Waals surface area (Å²) >= 11 is 1.41. The van der Waals surface area contributed by atoms with E-state index in [9.17, 15) is 9.18 Å². The van der Waals surface area contributed by atoms with E-state index in [-0.39, 0.29) is 18.1 Å². The van der Waals surface area contributed by atoms with E-state index in [0.29, 0.717) is 34.4 Å². The van der Waals surface area contributed by atoms with Crippen molar-refractivity contribution in [3.8, 4) is 11.4 Å². The fraction of sp³-hybridized carbons (Fsp3) is 0.250. The minimum Gasteiger partial charge on any atom is -0.339 e. The molecule has 2 aromatic heterocycles. The zero-order chi connectivity index (χ0) is 17.1. The normalized spacial score (nSPS) is 10.8. The molecule has 6 nitrogen and oxygen atoms in total. The molecule has 1 N–H and O–H groups in total. The summed E-state index contributed by atoms with van der Waals surface area (Å²) in [5.41, 5.74) is 1.09. The molecular formula is C16H15FN4O2S. The zero-order valence-corrected chi connectivity index (χ0v) is 14.0. The van der Waals surface area contributed by atoms with Gasteiger partial charge in [-0.3, -0.25) is 4.79 Å². The Kier molecular flexibility index (Phi) is 4.66. The van der Waals surface area contributed by atoms with Gasteiger partial charge in [0.15, 0.2) is 5.13 Å². The molecule has 0 fully saturated rings. The fourth-order valence-corrected chi connectivity index (χ4v) is 2.70. The van der Waals surface area contributed by atoms with Crippen molar-refractivity contribution in [2.75, 3.05) is 5.32 Å². The van der Waals surface area contributed by atoms with Crippen molar-refractivity contribution >= 4 is 22.4 Å². The second-order valence-corrected chi connectivity index (χ2v) is 6.53. The van der Waals surface area contributed by atoms with E-state index in [1.807, 2.05) is 6.92 Å². The lowest BCUT2D eigenvalue weighted by Crippen LogP contribution is -2.12. The van der Waals surface area contributed by atoms with Gasteiger partial charge in [-0.25, -0.2) is 9.37 Å². The molecule has 0 saturated carbocycles. The first-order valence-electron chi connectivity index (χ1n) is 7.32.